The average molecular weight is 275 g/mol. The molecule has 6 heteroatoms. The van der Waals surface area contributed by atoms with Gasteiger partial charge in [0.2, 0.25) is 0 Å². The lowest BCUT2D eigenvalue weighted by Gasteiger charge is -1.97. The second-order valence-corrected chi connectivity index (χ2v) is 4.76. The van der Waals surface area contributed by atoms with Crippen molar-refractivity contribution in [2.75, 3.05) is 5.75 Å². The van der Waals surface area contributed by atoms with E-state index in [1.807, 2.05) is 0 Å². The monoisotopic (exact) mass is 275 g/mol. The molecule has 1 N–H and O–H groups in total. The number of aromatic amines is 1. The Morgan fingerprint density at radius 3 is 2.95 bits per heavy atom. The van der Waals surface area contributed by atoms with Crippen molar-refractivity contribution in [2.45, 2.75) is 6.92 Å². The lowest BCUT2D eigenvalue weighted by atomic mass is 10.1. The van der Waals surface area contributed by atoms with Crippen LogP contribution in [-0.4, -0.2) is 15.9 Å². The summed E-state index contributed by atoms with van der Waals surface area (Å²) >= 11 is 1.09. The third-order valence-electron chi connectivity index (χ3n) is 2.26. The Morgan fingerprint density at radius 2 is 2.21 bits per heavy atom. The van der Waals surface area contributed by atoms with E-state index < -0.39 is 11.4 Å². The Bertz CT molecular complexity index is 807. The Morgan fingerprint density at radius 1 is 1.42 bits per heavy atom. The van der Waals surface area contributed by atoms with Crippen molar-refractivity contribution in [1.29, 1.82) is 0 Å². The minimum atomic E-state index is -0.797. The van der Waals surface area contributed by atoms with E-state index in [9.17, 15) is 14.4 Å². The number of benzene rings is 1. The second kappa shape index (κ2) is 5.59. The zero-order valence-electron chi connectivity index (χ0n) is 9.98. The van der Waals surface area contributed by atoms with Crippen molar-refractivity contribution in [3.05, 3.63) is 44.7 Å². The molecule has 0 unspecified atom stereocenters. The topological polar surface area (TPSA) is 80.1 Å². The first-order valence-corrected chi connectivity index (χ1v) is 6.35. The Balaban J connectivity index is 2.47. The Kier molecular flexibility index (Phi) is 3.88. The van der Waals surface area contributed by atoms with Crippen LogP contribution in [0.25, 0.3) is 10.9 Å². The fraction of sp³-hybridized carbons (Fsp3) is 0.154. The molecule has 0 aliphatic rings. The van der Waals surface area contributed by atoms with Crippen LogP contribution in [0.5, 0.6) is 0 Å². The largest absolute Gasteiger partial charge is 0.419 e. The highest BCUT2D eigenvalue weighted by Crippen LogP contribution is 2.10. The first-order valence-electron chi connectivity index (χ1n) is 5.36. The van der Waals surface area contributed by atoms with E-state index in [0.717, 1.165) is 11.8 Å². The summed E-state index contributed by atoms with van der Waals surface area (Å²) < 4.78 is 4.48. The van der Waals surface area contributed by atoms with Crippen LogP contribution in [0.15, 0.2) is 32.2 Å². The van der Waals surface area contributed by atoms with Crippen LogP contribution in [0, 0.1) is 11.8 Å². The van der Waals surface area contributed by atoms with Gasteiger partial charge >= 0.3 is 11.4 Å². The highest BCUT2D eigenvalue weighted by molar-refractivity contribution is 8.13. The summed E-state index contributed by atoms with van der Waals surface area (Å²) in [6, 6.07) is 4.94. The van der Waals surface area contributed by atoms with Crippen molar-refractivity contribution in [3.63, 3.8) is 0 Å². The maximum atomic E-state index is 11.6. The Hall–Kier alpha value is -2.26. The van der Waals surface area contributed by atoms with Crippen molar-refractivity contribution in [1.82, 2.24) is 4.98 Å². The molecule has 19 heavy (non-hydrogen) atoms. The highest BCUT2D eigenvalue weighted by atomic mass is 32.2. The molecule has 0 radical (unpaired) electrons. The van der Waals surface area contributed by atoms with Gasteiger partial charge in [-0.2, -0.15) is 0 Å². The lowest BCUT2D eigenvalue weighted by Crippen LogP contribution is -2.15. The molecule has 0 spiro atoms. The van der Waals surface area contributed by atoms with Crippen LogP contribution in [0.3, 0.4) is 0 Å². The van der Waals surface area contributed by atoms with Gasteiger partial charge in [0.05, 0.1) is 16.7 Å². The number of H-pyrrole nitrogens is 1. The molecule has 5 nitrogen and oxygen atoms in total. The summed E-state index contributed by atoms with van der Waals surface area (Å²) in [6.07, 6.45) is 0. The van der Waals surface area contributed by atoms with Crippen LogP contribution < -0.4 is 11.4 Å². The SMILES string of the molecule is CC(=O)SCC#Cc1cccc2[nH]c(=O)oc(=O)c12. The van der Waals surface area contributed by atoms with E-state index in [1.165, 1.54) is 6.92 Å². The molecule has 0 saturated carbocycles. The molecule has 2 rings (SSSR count). The smallest absolute Gasteiger partial charge is 0.372 e. The maximum absolute atomic E-state index is 11.6. The molecular weight excluding hydrogens is 266 g/mol. The molecule has 96 valence electrons. The molecule has 1 aromatic heterocycles. The summed E-state index contributed by atoms with van der Waals surface area (Å²) in [5, 5.41) is 0.221. The predicted octanol–water partition coefficient (Wildman–Crippen LogP) is 1.11. The van der Waals surface area contributed by atoms with Gasteiger partial charge < -0.3 is 4.42 Å². The maximum Gasteiger partial charge on any atom is 0.419 e. The number of rotatable bonds is 1. The molecule has 2 aromatic rings. The summed E-state index contributed by atoms with van der Waals surface area (Å²) in [4.78, 5) is 35.9. The van der Waals surface area contributed by atoms with Gasteiger partial charge in [0.25, 0.3) is 0 Å². The zero-order valence-corrected chi connectivity index (χ0v) is 10.8. The zero-order chi connectivity index (χ0) is 13.8. The first kappa shape index (κ1) is 13.2. The van der Waals surface area contributed by atoms with Crippen molar-refractivity contribution in [2.24, 2.45) is 0 Å². The third kappa shape index (κ3) is 3.14. The van der Waals surface area contributed by atoms with E-state index in [2.05, 4.69) is 21.2 Å². The number of carbonyl (C=O) groups excluding carboxylic acids is 1. The predicted molar refractivity (Wildman–Crippen MR) is 73.1 cm³/mol. The third-order valence-corrected chi connectivity index (χ3v) is 2.96. The molecule has 1 heterocycles. The molecule has 0 aliphatic heterocycles. The van der Waals surface area contributed by atoms with Crippen molar-refractivity contribution >= 4 is 27.8 Å². The van der Waals surface area contributed by atoms with Crippen LogP contribution in [0.2, 0.25) is 0 Å². The van der Waals surface area contributed by atoms with E-state index in [-0.39, 0.29) is 10.5 Å². The molecular formula is C13H9NO4S. The number of carbonyl (C=O) groups is 1. The van der Waals surface area contributed by atoms with Gasteiger partial charge in [-0.3, -0.25) is 9.78 Å². The van der Waals surface area contributed by atoms with Gasteiger partial charge in [-0.1, -0.05) is 29.7 Å². The molecule has 0 aliphatic carbocycles. The fourth-order valence-corrected chi connectivity index (χ4v) is 1.87. The van der Waals surface area contributed by atoms with E-state index in [0.29, 0.717) is 16.8 Å². The fourth-order valence-electron chi connectivity index (χ4n) is 1.52. The minimum absolute atomic E-state index is 0.0175. The number of aromatic nitrogens is 1. The standard InChI is InChI=1S/C13H9NO4S/c1-8(15)19-7-3-5-9-4-2-6-10-11(9)12(16)18-13(17)14-10/h2,4,6H,7H2,1H3,(H,14,17). The number of fused-ring (bicyclic) bond motifs is 1. The van der Waals surface area contributed by atoms with Crippen molar-refractivity contribution in [3.8, 4) is 11.8 Å². The summed E-state index contributed by atoms with van der Waals surface area (Å²) in [5.41, 5.74) is 0.127. The van der Waals surface area contributed by atoms with Crippen LogP contribution in [0.4, 0.5) is 0 Å². The van der Waals surface area contributed by atoms with Gasteiger partial charge in [-0.25, -0.2) is 9.59 Å². The summed E-state index contributed by atoms with van der Waals surface area (Å²) in [6.45, 7) is 1.46. The minimum Gasteiger partial charge on any atom is -0.372 e. The number of thioether (sulfide) groups is 1. The average Bonchev–Trinajstić information content (AvgIpc) is 2.33. The van der Waals surface area contributed by atoms with Gasteiger partial charge in [-0.05, 0) is 12.1 Å². The van der Waals surface area contributed by atoms with Gasteiger partial charge in [0.15, 0.2) is 5.12 Å². The number of hydrogen-bond acceptors (Lipinski definition) is 5. The number of nitrogens with one attached hydrogen (secondary N) is 1. The molecule has 0 amide bonds. The number of hydrogen-bond donors (Lipinski definition) is 1. The second-order valence-electron chi connectivity index (χ2n) is 3.61. The quantitative estimate of drug-likeness (QED) is 0.789. The summed E-state index contributed by atoms with van der Waals surface area (Å²) in [7, 11) is 0. The van der Waals surface area contributed by atoms with Gasteiger partial charge in [0, 0.05) is 12.5 Å². The summed E-state index contributed by atoms with van der Waals surface area (Å²) in [5.74, 6) is 5.14. The molecule has 0 saturated heterocycles. The van der Waals surface area contributed by atoms with E-state index in [1.54, 1.807) is 18.2 Å². The van der Waals surface area contributed by atoms with Crippen molar-refractivity contribution < 1.29 is 9.21 Å². The highest BCUT2D eigenvalue weighted by Gasteiger charge is 2.06. The normalized spacial score (nSPS) is 9.95. The molecule has 1 aromatic carbocycles. The Labute approximate surface area is 112 Å². The molecule has 0 fully saturated rings. The van der Waals surface area contributed by atoms with Gasteiger partial charge in [-0.15, -0.1) is 0 Å². The van der Waals surface area contributed by atoms with Crippen LogP contribution in [-0.2, 0) is 4.79 Å². The lowest BCUT2D eigenvalue weighted by molar-refractivity contribution is -0.109. The first-order chi connectivity index (χ1) is 9.08. The molecule has 0 atom stereocenters. The van der Waals surface area contributed by atoms with E-state index >= 15 is 0 Å². The van der Waals surface area contributed by atoms with Crippen LogP contribution in [0.1, 0.15) is 12.5 Å². The van der Waals surface area contributed by atoms with Gasteiger partial charge in [0.1, 0.15) is 0 Å². The van der Waals surface area contributed by atoms with Crippen LogP contribution >= 0.6 is 11.8 Å². The van der Waals surface area contributed by atoms with E-state index in [4.69, 9.17) is 0 Å². The molecule has 0 bridgehead atoms.